The number of hydrogen-bond donors (Lipinski definition) is 0. The maximum Gasteiger partial charge on any atom is 0.249 e. The summed E-state index contributed by atoms with van der Waals surface area (Å²) in [4.78, 5) is 19.5. The van der Waals surface area contributed by atoms with Crippen LogP contribution in [0, 0.1) is 6.92 Å². The average molecular weight is 396 g/mol. The largest absolute Gasteiger partial charge is 0.337 e. The van der Waals surface area contributed by atoms with Crippen molar-refractivity contribution in [1.29, 1.82) is 0 Å². The molecule has 0 radical (unpaired) electrons. The highest BCUT2D eigenvalue weighted by Gasteiger charge is 2.35. The molecular weight excluding hydrogens is 374 g/mol. The molecule has 0 aliphatic carbocycles. The smallest absolute Gasteiger partial charge is 0.249 e. The zero-order valence-corrected chi connectivity index (χ0v) is 16.5. The molecule has 3 aromatic rings. The van der Waals surface area contributed by atoms with Crippen LogP contribution in [0.5, 0.6) is 0 Å². The quantitative estimate of drug-likeness (QED) is 0.578. The highest BCUT2D eigenvalue weighted by Crippen LogP contribution is 2.35. The standard InChI is InChI=1S/C22H22ClN3O2/c1-15-8-7-11-17(14-15)20-24-21(28-25-20)18-12-5-6-13-26(18)22(27)19(23)16-9-3-2-4-10-16/h2-4,7-11,14,18-19H,5-6,12-13H2,1H3/t18-,19-/m0/s1. The molecule has 1 amide bonds. The van der Waals surface area contributed by atoms with E-state index in [1.807, 2.05) is 61.5 Å². The van der Waals surface area contributed by atoms with Crippen LogP contribution in [0.15, 0.2) is 59.1 Å². The van der Waals surface area contributed by atoms with Gasteiger partial charge in [-0.05, 0) is 37.8 Å². The molecule has 2 heterocycles. The predicted molar refractivity (Wildman–Crippen MR) is 108 cm³/mol. The van der Waals surface area contributed by atoms with Gasteiger partial charge in [0.2, 0.25) is 17.6 Å². The molecule has 1 aliphatic heterocycles. The SMILES string of the molecule is Cc1cccc(-c2noc([C@@H]3CCCCN3C(=O)[C@@H](Cl)c3ccccc3)n2)c1. The summed E-state index contributed by atoms with van der Waals surface area (Å²) < 4.78 is 5.57. The van der Waals surface area contributed by atoms with Crippen molar-refractivity contribution in [2.24, 2.45) is 0 Å². The first-order valence-electron chi connectivity index (χ1n) is 9.53. The van der Waals surface area contributed by atoms with Crippen molar-refractivity contribution in [1.82, 2.24) is 15.0 Å². The number of hydrogen-bond acceptors (Lipinski definition) is 4. The summed E-state index contributed by atoms with van der Waals surface area (Å²) in [6, 6.07) is 17.2. The maximum atomic E-state index is 13.1. The van der Waals surface area contributed by atoms with Gasteiger partial charge < -0.3 is 9.42 Å². The molecule has 0 saturated carbocycles. The second kappa shape index (κ2) is 8.15. The molecule has 0 unspecified atom stereocenters. The molecule has 2 atom stereocenters. The van der Waals surface area contributed by atoms with Crippen LogP contribution in [-0.2, 0) is 4.79 Å². The highest BCUT2D eigenvalue weighted by molar-refractivity contribution is 6.30. The van der Waals surface area contributed by atoms with Crippen LogP contribution in [0.3, 0.4) is 0 Å². The number of alkyl halides is 1. The van der Waals surface area contributed by atoms with Gasteiger partial charge in [-0.1, -0.05) is 59.3 Å². The number of likely N-dealkylation sites (tertiary alicyclic amines) is 1. The van der Waals surface area contributed by atoms with Crippen molar-refractivity contribution in [3.63, 3.8) is 0 Å². The second-order valence-electron chi connectivity index (χ2n) is 7.14. The minimum atomic E-state index is -0.721. The summed E-state index contributed by atoms with van der Waals surface area (Å²) in [5, 5.41) is 3.42. The number of aromatic nitrogens is 2. The first kappa shape index (κ1) is 18.7. The van der Waals surface area contributed by atoms with E-state index in [1.54, 1.807) is 4.90 Å². The van der Waals surface area contributed by atoms with E-state index < -0.39 is 5.38 Å². The third-order valence-corrected chi connectivity index (χ3v) is 5.54. The number of amides is 1. The van der Waals surface area contributed by atoms with Crippen LogP contribution in [-0.4, -0.2) is 27.5 Å². The van der Waals surface area contributed by atoms with E-state index in [9.17, 15) is 4.79 Å². The van der Waals surface area contributed by atoms with Gasteiger partial charge in [-0.3, -0.25) is 4.79 Å². The van der Waals surface area contributed by atoms with Gasteiger partial charge in [0, 0.05) is 12.1 Å². The number of carbonyl (C=O) groups excluding carboxylic acids is 1. The molecule has 28 heavy (non-hydrogen) atoms. The van der Waals surface area contributed by atoms with Crippen molar-refractivity contribution in [3.05, 3.63) is 71.6 Å². The summed E-state index contributed by atoms with van der Waals surface area (Å²) in [6.45, 7) is 2.66. The number of halogens is 1. The van der Waals surface area contributed by atoms with Gasteiger partial charge in [0.25, 0.3) is 0 Å². The Morgan fingerprint density at radius 1 is 1.18 bits per heavy atom. The molecule has 2 aromatic carbocycles. The molecule has 0 spiro atoms. The van der Waals surface area contributed by atoms with E-state index in [2.05, 4.69) is 10.1 Å². The van der Waals surface area contributed by atoms with Gasteiger partial charge in [0.05, 0.1) is 0 Å². The van der Waals surface area contributed by atoms with Crippen molar-refractivity contribution in [3.8, 4) is 11.4 Å². The number of nitrogens with zero attached hydrogens (tertiary/aromatic N) is 3. The van der Waals surface area contributed by atoms with Crippen molar-refractivity contribution < 1.29 is 9.32 Å². The zero-order chi connectivity index (χ0) is 19.5. The number of rotatable bonds is 4. The van der Waals surface area contributed by atoms with Gasteiger partial charge in [-0.25, -0.2) is 0 Å². The van der Waals surface area contributed by atoms with Crippen molar-refractivity contribution in [2.45, 2.75) is 37.6 Å². The number of aryl methyl sites for hydroxylation is 1. The average Bonchev–Trinajstić information content (AvgIpc) is 3.23. The Balaban J connectivity index is 1.58. The van der Waals surface area contributed by atoms with E-state index in [-0.39, 0.29) is 11.9 Å². The van der Waals surface area contributed by atoms with E-state index in [0.717, 1.165) is 36.0 Å². The molecule has 6 heteroatoms. The fourth-order valence-electron chi connectivity index (χ4n) is 3.63. The third-order valence-electron chi connectivity index (χ3n) is 5.10. The van der Waals surface area contributed by atoms with Crippen LogP contribution in [0.1, 0.15) is 47.7 Å². The summed E-state index contributed by atoms with van der Waals surface area (Å²) >= 11 is 6.50. The van der Waals surface area contributed by atoms with E-state index in [1.165, 1.54) is 0 Å². The first-order valence-corrected chi connectivity index (χ1v) is 9.97. The Morgan fingerprint density at radius 2 is 2.00 bits per heavy atom. The minimum absolute atomic E-state index is 0.118. The van der Waals surface area contributed by atoms with Crippen LogP contribution in [0.4, 0.5) is 0 Å². The molecule has 4 rings (SSSR count). The van der Waals surface area contributed by atoms with E-state index >= 15 is 0 Å². The summed E-state index contributed by atoms with van der Waals surface area (Å²) in [6.07, 6.45) is 2.74. The number of carbonyl (C=O) groups is 1. The monoisotopic (exact) mass is 395 g/mol. The Morgan fingerprint density at radius 3 is 2.79 bits per heavy atom. The lowest BCUT2D eigenvalue weighted by Crippen LogP contribution is -2.40. The molecule has 1 saturated heterocycles. The normalized spacial score (nSPS) is 18.1. The second-order valence-corrected chi connectivity index (χ2v) is 7.58. The number of piperidine rings is 1. The molecule has 5 nitrogen and oxygen atoms in total. The summed E-state index contributed by atoms with van der Waals surface area (Å²) in [7, 11) is 0. The minimum Gasteiger partial charge on any atom is -0.337 e. The van der Waals surface area contributed by atoms with Gasteiger partial charge >= 0.3 is 0 Å². The Bertz CT molecular complexity index is 957. The molecule has 0 N–H and O–H groups in total. The lowest BCUT2D eigenvalue weighted by Gasteiger charge is -2.34. The fourth-order valence-corrected chi connectivity index (χ4v) is 3.91. The van der Waals surface area contributed by atoms with Crippen LogP contribution >= 0.6 is 11.6 Å². The summed E-state index contributed by atoms with van der Waals surface area (Å²) in [5.41, 5.74) is 2.83. The Kier molecular flexibility index (Phi) is 5.44. The zero-order valence-electron chi connectivity index (χ0n) is 15.7. The fraction of sp³-hybridized carbons (Fsp3) is 0.318. The van der Waals surface area contributed by atoms with Gasteiger partial charge in [-0.15, -0.1) is 11.6 Å². The highest BCUT2D eigenvalue weighted by atomic mass is 35.5. The van der Waals surface area contributed by atoms with E-state index in [4.69, 9.17) is 16.1 Å². The maximum absolute atomic E-state index is 13.1. The third kappa shape index (κ3) is 3.80. The van der Waals surface area contributed by atoms with Crippen molar-refractivity contribution >= 4 is 17.5 Å². The topological polar surface area (TPSA) is 59.2 Å². The molecule has 1 aromatic heterocycles. The van der Waals surface area contributed by atoms with Gasteiger partial charge in [-0.2, -0.15) is 4.98 Å². The van der Waals surface area contributed by atoms with Crippen LogP contribution in [0.25, 0.3) is 11.4 Å². The first-order chi connectivity index (χ1) is 13.6. The lowest BCUT2D eigenvalue weighted by molar-refractivity contribution is -0.135. The number of benzene rings is 2. The van der Waals surface area contributed by atoms with Crippen LogP contribution < -0.4 is 0 Å². The molecular formula is C22H22ClN3O2. The molecule has 1 fully saturated rings. The Labute approximate surface area is 169 Å². The van der Waals surface area contributed by atoms with Gasteiger partial charge in [0.1, 0.15) is 11.4 Å². The Hall–Kier alpha value is -2.66. The van der Waals surface area contributed by atoms with Gasteiger partial charge in [0.15, 0.2) is 0 Å². The summed E-state index contributed by atoms with van der Waals surface area (Å²) in [5.74, 6) is 0.900. The molecule has 1 aliphatic rings. The van der Waals surface area contributed by atoms with Crippen molar-refractivity contribution in [2.75, 3.05) is 6.54 Å². The predicted octanol–water partition coefficient (Wildman–Crippen LogP) is 5.08. The van der Waals surface area contributed by atoms with Crippen LogP contribution in [0.2, 0.25) is 0 Å². The van der Waals surface area contributed by atoms with E-state index in [0.29, 0.717) is 18.3 Å². The molecule has 144 valence electrons. The molecule has 0 bridgehead atoms. The lowest BCUT2D eigenvalue weighted by atomic mass is 10.0.